The van der Waals surface area contributed by atoms with E-state index < -0.39 is 15.7 Å². The van der Waals surface area contributed by atoms with Gasteiger partial charge in [-0.1, -0.05) is 53.5 Å². The van der Waals surface area contributed by atoms with Crippen LogP contribution >= 0.6 is 23.2 Å². The summed E-state index contributed by atoms with van der Waals surface area (Å²) < 4.78 is 40.7. The molecule has 1 aliphatic heterocycles. The van der Waals surface area contributed by atoms with E-state index in [4.69, 9.17) is 23.2 Å². The molecule has 1 fully saturated rings. The molecule has 1 saturated heterocycles. The first-order valence-electron chi connectivity index (χ1n) is 11.9. The summed E-state index contributed by atoms with van der Waals surface area (Å²) in [7, 11) is -3.89. The molecule has 1 atom stereocenters. The van der Waals surface area contributed by atoms with Crippen LogP contribution in [0.15, 0.2) is 78.1 Å². The molecule has 5 rings (SSSR count). The minimum absolute atomic E-state index is 0.0499. The van der Waals surface area contributed by atoms with Crippen molar-refractivity contribution in [1.82, 2.24) is 15.0 Å². The Kier molecular flexibility index (Phi) is 7.52. The van der Waals surface area contributed by atoms with Gasteiger partial charge in [0.1, 0.15) is 17.5 Å². The minimum atomic E-state index is -3.89. The standard InChI is InChI=1S/C27H24Cl2FN5O2S/c1-18-16-34(26-21(28)8-5-11-31-26)12-13-35(18)25-15-24(20-9-10-23(30)22(29)14-20)32-27(33-25)38(36,37)17-19-6-3-2-4-7-19/h2-11,14-15,18H,12-13,16-17H2,1H3. The number of piperazine rings is 1. The van der Waals surface area contributed by atoms with Crippen LogP contribution in [-0.2, 0) is 15.6 Å². The van der Waals surface area contributed by atoms with E-state index in [1.54, 1.807) is 48.7 Å². The summed E-state index contributed by atoms with van der Waals surface area (Å²) in [5.41, 5.74) is 1.45. The van der Waals surface area contributed by atoms with E-state index >= 15 is 0 Å². The number of hydrogen-bond acceptors (Lipinski definition) is 7. The first-order valence-corrected chi connectivity index (χ1v) is 14.4. The lowest BCUT2D eigenvalue weighted by Gasteiger charge is -2.41. The van der Waals surface area contributed by atoms with Gasteiger partial charge in [-0.25, -0.2) is 27.8 Å². The monoisotopic (exact) mass is 571 g/mol. The lowest BCUT2D eigenvalue weighted by atomic mass is 10.1. The van der Waals surface area contributed by atoms with Crippen LogP contribution in [-0.4, -0.2) is 49.0 Å². The number of nitrogens with zero attached hydrogens (tertiary/aromatic N) is 5. The fourth-order valence-electron chi connectivity index (χ4n) is 4.46. The van der Waals surface area contributed by atoms with Crippen LogP contribution in [0, 0.1) is 5.82 Å². The van der Waals surface area contributed by atoms with Gasteiger partial charge in [0, 0.05) is 43.5 Å². The second-order valence-electron chi connectivity index (χ2n) is 9.06. The number of sulfone groups is 1. The maximum atomic E-state index is 13.9. The van der Waals surface area contributed by atoms with E-state index in [-0.39, 0.29) is 22.0 Å². The zero-order chi connectivity index (χ0) is 26.9. The van der Waals surface area contributed by atoms with Crippen molar-refractivity contribution in [2.75, 3.05) is 29.4 Å². The number of halogens is 3. The molecular formula is C27H24Cl2FN5O2S. The molecule has 38 heavy (non-hydrogen) atoms. The van der Waals surface area contributed by atoms with Gasteiger partial charge in [0.2, 0.25) is 15.0 Å². The van der Waals surface area contributed by atoms with Crippen molar-refractivity contribution in [1.29, 1.82) is 0 Å². The summed E-state index contributed by atoms with van der Waals surface area (Å²) in [6.45, 7) is 3.78. The topological polar surface area (TPSA) is 79.3 Å². The molecule has 11 heteroatoms. The molecule has 196 valence electrons. The molecule has 0 bridgehead atoms. The second kappa shape index (κ2) is 10.8. The summed E-state index contributed by atoms with van der Waals surface area (Å²) in [6, 6.07) is 18.3. The van der Waals surface area contributed by atoms with E-state index in [0.717, 1.165) is 0 Å². The van der Waals surface area contributed by atoms with E-state index in [0.29, 0.717) is 53.1 Å². The highest BCUT2D eigenvalue weighted by Crippen LogP contribution is 2.31. The molecule has 4 aromatic rings. The minimum Gasteiger partial charge on any atom is -0.352 e. The van der Waals surface area contributed by atoms with Crippen molar-refractivity contribution >= 4 is 44.7 Å². The zero-order valence-electron chi connectivity index (χ0n) is 20.4. The lowest BCUT2D eigenvalue weighted by Crippen LogP contribution is -2.52. The van der Waals surface area contributed by atoms with Crippen LogP contribution in [0.1, 0.15) is 12.5 Å². The van der Waals surface area contributed by atoms with Crippen molar-refractivity contribution in [3.8, 4) is 11.3 Å². The van der Waals surface area contributed by atoms with Gasteiger partial charge in [-0.3, -0.25) is 0 Å². The molecule has 0 amide bonds. The third-order valence-electron chi connectivity index (χ3n) is 6.35. The van der Waals surface area contributed by atoms with Crippen LogP contribution in [0.3, 0.4) is 0 Å². The van der Waals surface area contributed by atoms with Gasteiger partial charge in [-0.05, 0) is 42.8 Å². The fourth-order valence-corrected chi connectivity index (χ4v) is 6.11. The maximum absolute atomic E-state index is 13.9. The number of benzene rings is 2. The number of hydrogen-bond donors (Lipinski definition) is 0. The molecule has 1 unspecified atom stereocenters. The summed E-state index contributed by atoms with van der Waals surface area (Å²) in [4.78, 5) is 17.5. The highest BCUT2D eigenvalue weighted by molar-refractivity contribution is 7.90. The molecule has 3 heterocycles. The first-order chi connectivity index (χ1) is 18.2. The summed E-state index contributed by atoms with van der Waals surface area (Å²) >= 11 is 12.4. The summed E-state index contributed by atoms with van der Waals surface area (Å²) in [5.74, 6) is 0.347. The SMILES string of the molecule is CC1CN(c2ncccc2Cl)CCN1c1cc(-c2ccc(F)c(Cl)c2)nc(S(=O)(=O)Cc2ccccc2)n1. The Morgan fingerprint density at radius 2 is 1.76 bits per heavy atom. The third-order valence-corrected chi connectivity index (χ3v) is 8.38. The van der Waals surface area contributed by atoms with Crippen molar-refractivity contribution in [2.24, 2.45) is 0 Å². The Labute approximate surface area is 230 Å². The fraction of sp³-hybridized carbons (Fsp3) is 0.222. The van der Waals surface area contributed by atoms with Crippen molar-refractivity contribution in [2.45, 2.75) is 23.9 Å². The largest absolute Gasteiger partial charge is 0.352 e. The van der Waals surface area contributed by atoms with Gasteiger partial charge >= 0.3 is 0 Å². The Morgan fingerprint density at radius 1 is 0.974 bits per heavy atom. The van der Waals surface area contributed by atoms with Gasteiger partial charge in [0.15, 0.2) is 0 Å². The van der Waals surface area contributed by atoms with E-state index in [1.807, 2.05) is 17.9 Å². The van der Waals surface area contributed by atoms with Crippen molar-refractivity contribution < 1.29 is 12.8 Å². The molecule has 7 nitrogen and oxygen atoms in total. The van der Waals surface area contributed by atoms with Crippen LogP contribution in [0.4, 0.5) is 16.0 Å². The van der Waals surface area contributed by atoms with Gasteiger partial charge in [-0.2, -0.15) is 0 Å². The molecule has 0 radical (unpaired) electrons. The van der Waals surface area contributed by atoms with E-state index in [1.165, 1.54) is 18.2 Å². The Balaban J connectivity index is 1.53. The molecule has 0 aliphatic carbocycles. The quantitative estimate of drug-likeness (QED) is 0.276. The number of rotatable bonds is 6. The van der Waals surface area contributed by atoms with Gasteiger partial charge in [0.05, 0.1) is 21.5 Å². The highest BCUT2D eigenvalue weighted by atomic mass is 35.5. The van der Waals surface area contributed by atoms with Crippen LogP contribution in [0.5, 0.6) is 0 Å². The summed E-state index contributed by atoms with van der Waals surface area (Å²) in [6.07, 6.45) is 1.70. The molecule has 0 saturated carbocycles. The second-order valence-corrected chi connectivity index (χ2v) is 11.8. The van der Waals surface area contributed by atoms with E-state index in [2.05, 4.69) is 19.9 Å². The predicted octanol–water partition coefficient (Wildman–Crippen LogP) is 5.67. The third kappa shape index (κ3) is 5.60. The summed E-state index contributed by atoms with van der Waals surface area (Å²) in [5, 5.41) is 0.197. The average Bonchev–Trinajstić information content (AvgIpc) is 2.90. The molecule has 2 aromatic carbocycles. The lowest BCUT2D eigenvalue weighted by molar-refractivity contribution is 0.538. The molecule has 1 aliphatic rings. The predicted molar refractivity (Wildman–Crippen MR) is 148 cm³/mol. The average molecular weight is 572 g/mol. The Bertz CT molecular complexity index is 1570. The van der Waals surface area contributed by atoms with E-state index in [9.17, 15) is 12.8 Å². The number of pyridine rings is 1. The number of aromatic nitrogens is 3. The molecule has 0 N–H and O–H groups in total. The molecule has 2 aromatic heterocycles. The van der Waals surface area contributed by atoms with Crippen LogP contribution in [0.2, 0.25) is 10.0 Å². The molecule has 0 spiro atoms. The van der Waals surface area contributed by atoms with Crippen molar-refractivity contribution in [3.05, 3.63) is 94.4 Å². The Morgan fingerprint density at radius 3 is 2.47 bits per heavy atom. The first kappa shape index (κ1) is 26.3. The van der Waals surface area contributed by atoms with Gasteiger partial charge in [-0.15, -0.1) is 0 Å². The van der Waals surface area contributed by atoms with Crippen LogP contribution in [0.25, 0.3) is 11.3 Å². The molecular weight excluding hydrogens is 548 g/mol. The van der Waals surface area contributed by atoms with Gasteiger partial charge < -0.3 is 9.80 Å². The van der Waals surface area contributed by atoms with Crippen molar-refractivity contribution in [3.63, 3.8) is 0 Å². The number of anilines is 2. The van der Waals surface area contributed by atoms with Crippen LogP contribution < -0.4 is 9.80 Å². The maximum Gasteiger partial charge on any atom is 0.249 e. The normalized spacial score (nSPS) is 16.1. The smallest absolute Gasteiger partial charge is 0.249 e. The Hall–Kier alpha value is -3.27. The van der Waals surface area contributed by atoms with Gasteiger partial charge in [0.25, 0.3) is 0 Å². The highest BCUT2D eigenvalue weighted by Gasteiger charge is 2.29. The zero-order valence-corrected chi connectivity index (χ0v) is 22.8.